The van der Waals surface area contributed by atoms with E-state index in [4.69, 9.17) is 11.5 Å². The van der Waals surface area contributed by atoms with Crippen LogP contribution in [0.1, 0.15) is 37.7 Å². The van der Waals surface area contributed by atoms with Crippen LogP contribution in [0.4, 0.5) is 13.2 Å². The SMILES string of the molecule is CCCCC(N)C(CN)c1ccccc1OC(F)(F)F. The first-order valence-corrected chi connectivity index (χ1v) is 6.69. The number of para-hydroxylation sites is 1. The number of unbranched alkanes of at least 4 members (excludes halogenated alkanes) is 1. The Labute approximate surface area is 117 Å². The summed E-state index contributed by atoms with van der Waals surface area (Å²) in [5.74, 6) is -0.567. The number of hydrogen-bond donors (Lipinski definition) is 2. The first kappa shape index (κ1) is 16.8. The molecular formula is C14H21F3N2O. The van der Waals surface area contributed by atoms with Crippen LogP contribution in [0.15, 0.2) is 24.3 Å². The van der Waals surface area contributed by atoms with Gasteiger partial charge in [-0.3, -0.25) is 0 Å². The Kier molecular flexibility index (Phi) is 6.29. The van der Waals surface area contributed by atoms with E-state index in [1.165, 1.54) is 12.1 Å². The Bertz CT molecular complexity index is 410. The standard InChI is InChI=1S/C14H21F3N2O/c1-2-3-7-12(19)11(9-18)10-6-4-5-8-13(10)20-14(15,16)17/h4-6,8,11-12H,2-3,7,9,18-19H2,1H3. The minimum Gasteiger partial charge on any atom is -0.405 e. The molecule has 0 spiro atoms. The maximum Gasteiger partial charge on any atom is 0.573 e. The van der Waals surface area contributed by atoms with Gasteiger partial charge in [0.25, 0.3) is 0 Å². The Morgan fingerprint density at radius 3 is 2.45 bits per heavy atom. The van der Waals surface area contributed by atoms with E-state index in [-0.39, 0.29) is 24.3 Å². The van der Waals surface area contributed by atoms with Crippen molar-refractivity contribution in [3.05, 3.63) is 29.8 Å². The third-order valence-electron chi connectivity index (χ3n) is 3.21. The number of halogens is 3. The van der Waals surface area contributed by atoms with Crippen LogP contribution >= 0.6 is 0 Å². The van der Waals surface area contributed by atoms with Crippen LogP contribution in [0.25, 0.3) is 0 Å². The molecule has 3 nitrogen and oxygen atoms in total. The third-order valence-corrected chi connectivity index (χ3v) is 3.21. The van der Waals surface area contributed by atoms with Crippen molar-refractivity contribution in [2.75, 3.05) is 6.54 Å². The van der Waals surface area contributed by atoms with Crippen LogP contribution in [-0.2, 0) is 0 Å². The fraction of sp³-hybridized carbons (Fsp3) is 0.571. The van der Waals surface area contributed by atoms with Gasteiger partial charge in [0.1, 0.15) is 5.75 Å². The van der Waals surface area contributed by atoms with Gasteiger partial charge in [-0.15, -0.1) is 13.2 Å². The van der Waals surface area contributed by atoms with Crippen LogP contribution in [0.5, 0.6) is 5.75 Å². The van der Waals surface area contributed by atoms with Crippen molar-refractivity contribution in [3.63, 3.8) is 0 Å². The van der Waals surface area contributed by atoms with Gasteiger partial charge in [0, 0.05) is 24.1 Å². The van der Waals surface area contributed by atoms with Gasteiger partial charge in [-0.05, 0) is 12.5 Å². The highest BCUT2D eigenvalue weighted by Crippen LogP contribution is 2.32. The minimum absolute atomic E-state index is 0.184. The normalized spacial score (nSPS) is 14.9. The maximum atomic E-state index is 12.4. The van der Waals surface area contributed by atoms with E-state index in [0.717, 1.165) is 19.3 Å². The Balaban J connectivity index is 2.97. The summed E-state index contributed by atoms with van der Waals surface area (Å²) in [6.45, 7) is 2.22. The van der Waals surface area contributed by atoms with Crippen molar-refractivity contribution in [1.29, 1.82) is 0 Å². The molecule has 6 heteroatoms. The van der Waals surface area contributed by atoms with Crippen molar-refractivity contribution in [2.45, 2.75) is 44.5 Å². The molecule has 1 rings (SSSR count). The summed E-state index contributed by atoms with van der Waals surface area (Å²) in [6, 6.07) is 5.75. The van der Waals surface area contributed by atoms with Crippen molar-refractivity contribution in [1.82, 2.24) is 0 Å². The molecule has 0 saturated carbocycles. The summed E-state index contributed by atoms with van der Waals surface area (Å²) >= 11 is 0. The molecule has 0 radical (unpaired) electrons. The van der Waals surface area contributed by atoms with E-state index in [2.05, 4.69) is 4.74 Å². The Morgan fingerprint density at radius 1 is 1.25 bits per heavy atom. The molecule has 0 bridgehead atoms. The lowest BCUT2D eigenvalue weighted by molar-refractivity contribution is -0.275. The molecule has 20 heavy (non-hydrogen) atoms. The molecule has 0 saturated heterocycles. The van der Waals surface area contributed by atoms with Crippen LogP contribution in [0.3, 0.4) is 0 Å². The monoisotopic (exact) mass is 290 g/mol. The van der Waals surface area contributed by atoms with Gasteiger partial charge >= 0.3 is 6.36 Å². The highest BCUT2D eigenvalue weighted by atomic mass is 19.4. The minimum atomic E-state index is -4.72. The Hall–Kier alpha value is -1.27. The zero-order valence-corrected chi connectivity index (χ0v) is 11.5. The summed E-state index contributed by atoms with van der Waals surface area (Å²) in [6.07, 6.45) is -2.10. The summed E-state index contributed by atoms with van der Waals surface area (Å²) in [5.41, 5.74) is 12.2. The van der Waals surface area contributed by atoms with Crippen molar-refractivity contribution >= 4 is 0 Å². The van der Waals surface area contributed by atoms with Gasteiger partial charge in [-0.25, -0.2) is 0 Å². The zero-order chi connectivity index (χ0) is 15.2. The molecule has 0 aliphatic heterocycles. The summed E-state index contributed by atoms with van der Waals surface area (Å²) in [5, 5.41) is 0. The van der Waals surface area contributed by atoms with Gasteiger partial charge in [0.05, 0.1) is 0 Å². The second kappa shape index (κ2) is 7.50. The molecule has 4 N–H and O–H groups in total. The Morgan fingerprint density at radius 2 is 1.90 bits per heavy atom. The van der Waals surface area contributed by atoms with Crippen molar-refractivity contribution in [2.24, 2.45) is 11.5 Å². The van der Waals surface area contributed by atoms with E-state index in [1.54, 1.807) is 12.1 Å². The predicted octanol–water partition coefficient (Wildman–Crippen LogP) is 3.15. The van der Waals surface area contributed by atoms with E-state index >= 15 is 0 Å². The number of rotatable bonds is 7. The average molecular weight is 290 g/mol. The fourth-order valence-corrected chi connectivity index (χ4v) is 2.18. The van der Waals surface area contributed by atoms with Crippen LogP contribution in [0.2, 0.25) is 0 Å². The lowest BCUT2D eigenvalue weighted by Crippen LogP contribution is -2.34. The van der Waals surface area contributed by atoms with Gasteiger partial charge in [-0.1, -0.05) is 38.0 Å². The quantitative estimate of drug-likeness (QED) is 0.811. The van der Waals surface area contributed by atoms with E-state index in [9.17, 15) is 13.2 Å². The lowest BCUT2D eigenvalue weighted by Gasteiger charge is -2.25. The molecule has 2 unspecified atom stereocenters. The van der Waals surface area contributed by atoms with E-state index in [1.807, 2.05) is 6.92 Å². The average Bonchev–Trinajstić information content (AvgIpc) is 2.37. The molecular weight excluding hydrogens is 269 g/mol. The first-order chi connectivity index (χ1) is 9.39. The lowest BCUT2D eigenvalue weighted by atomic mass is 9.88. The van der Waals surface area contributed by atoms with Gasteiger partial charge in [0.2, 0.25) is 0 Å². The molecule has 0 amide bonds. The molecule has 0 heterocycles. The van der Waals surface area contributed by atoms with Crippen LogP contribution in [-0.4, -0.2) is 18.9 Å². The summed E-state index contributed by atoms with van der Waals surface area (Å²) in [7, 11) is 0. The van der Waals surface area contributed by atoms with Gasteiger partial charge in [0.15, 0.2) is 0 Å². The molecule has 0 aromatic heterocycles. The zero-order valence-electron chi connectivity index (χ0n) is 11.5. The number of alkyl halides is 3. The number of hydrogen-bond acceptors (Lipinski definition) is 3. The highest BCUT2D eigenvalue weighted by Gasteiger charge is 2.33. The second-order valence-electron chi connectivity index (χ2n) is 4.73. The fourth-order valence-electron chi connectivity index (χ4n) is 2.18. The van der Waals surface area contributed by atoms with Crippen molar-refractivity contribution in [3.8, 4) is 5.75 Å². The number of ether oxygens (including phenoxy) is 1. The highest BCUT2D eigenvalue weighted by molar-refractivity contribution is 5.37. The van der Waals surface area contributed by atoms with Crippen molar-refractivity contribution < 1.29 is 17.9 Å². The largest absolute Gasteiger partial charge is 0.573 e. The second-order valence-corrected chi connectivity index (χ2v) is 4.73. The molecule has 2 atom stereocenters. The molecule has 0 aliphatic rings. The first-order valence-electron chi connectivity index (χ1n) is 6.69. The number of benzene rings is 1. The van der Waals surface area contributed by atoms with E-state index in [0.29, 0.717) is 5.56 Å². The predicted molar refractivity (Wildman–Crippen MR) is 72.4 cm³/mol. The van der Waals surface area contributed by atoms with Gasteiger partial charge in [-0.2, -0.15) is 0 Å². The number of nitrogens with two attached hydrogens (primary N) is 2. The smallest absolute Gasteiger partial charge is 0.405 e. The topological polar surface area (TPSA) is 61.3 Å². The molecule has 0 aliphatic carbocycles. The van der Waals surface area contributed by atoms with Crippen LogP contribution in [0, 0.1) is 0 Å². The summed E-state index contributed by atoms with van der Waals surface area (Å²) in [4.78, 5) is 0. The molecule has 1 aromatic carbocycles. The van der Waals surface area contributed by atoms with Gasteiger partial charge < -0.3 is 16.2 Å². The van der Waals surface area contributed by atoms with Crippen LogP contribution < -0.4 is 16.2 Å². The molecule has 1 aromatic rings. The third kappa shape index (κ3) is 5.02. The van der Waals surface area contributed by atoms with E-state index < -0.39 is 6.36 Å². The molecule has 114 valence electrons. The maximum absolute atomic E-state index is 12.4. The summed E-state index contributed by atoms with van der Waals surface area (Å²) < 4.78 is 41.3. The molecule has 0 fully saturated rings.